The lowest BCUT2D eigenvalue weighted by molar-refractivity contribution is -0.154. The highest BCUT2D eigenvalue weighted by Gasteiger charge is 2.34. The zero-order valence-electron chi connectivity index (χ0n) is 18.1. The van der Waals surface area contributed by atoms with E-state index in [0.29, 0.717) is 10.4 Å². The molecular weight excluding hydrogens is 510 g/mol. The summed E-state index contributed by atoms with van der Waals surface area (Å²) in [6.07, 6.45) is -8.27. The summed E-state index contributed by atoms with van der Waals surface area (Å²) in [6.45, 7) is -3.64. The third-order valence-corrected chi connectivity index (χ3v) is 5.81. The molecule has 35 heavy (non-hydrogen) atoms. The molecule has 1 heterocycles. The summed E-state index contributed by atoms with van der Waals surface area (Å²) in [5, 5.41) is 0. The number of alkyl halides is 6. The van der Waals surface area contributed by atoms with E-state index in [1.54, 1.807) is 0 Å². The molecule has 8 nitrogen and oxygen atoms in total. The number of hydrogen-bond donors (Lipinski definition) is 0. The maximum Gasteiger partial charge on any atom is 0.422 e. The SMILES string of the molecule is CCOC(=O)CN(Cc1ccccn1)S(=O)(=O)c1cc(OCC(F)(F)F)ccc1OCC(F)(F)F. The third kappa shape index (κ3) is 9.24. The first kappa shape index (κ1) is 28.2. The molecular formula is C20H20F6N2O6S. The van der Waals surface area contributed by atoms with Crippen LogP contribution in [0.3, 0.4) is 0 Å². The second-order valence-electron chi connectivity index (χ2n) is 6.82. The molecule has 0 aliphatic rings. The molecule has 0 radical (unpaired) electrons. The largest absolute Gasteiger partial charge is 0.484 e. The van der Waals surface area contributed by atoms with Crippen molar-refractivity contribution >= 4 is 16.0 Å². The van der Waals surface area contributed by atoms with E-state index < -0.39 is 71.0 Å². The molecule has 0 spiro atoms. The summed E-state index contributed by atoms with van der Waals surface area (Å²) in [6, 6.07) is 6.64. The van der Waals surface area contributed by atoms with Crippen molar-refractivity contribution in [1.29, 1.82) is 0 Å². The minimum atomic E-state index is -4.85. The van der Waals surface area contributed by atoms with Crippen LogP contribution in [0.4, 0.5) is 26.3 Å². The molecule has 0 fully saturated rings. The van der Waals surface area contributed by atoms with Crippen LogP contribution in [0.5, 0.6) is 11.5 Å². The fourth-order valence-corrected chi connectivity index (χ4v) is 4.11. The minimum absolute atomic E-state index is 0.0863. The lowest BCUT2D eigenvalue weighted by atomic mass is 10.3. The topological polar surface area (TPSA) is 95.0 Å². The van der Waals surface area contributed by atoms with Gasteiger partial charge in [-0.15, -0.1) is 0 Å². The summed E-state index contributed by atoms with van der Waals surface area (Å²) >= 11 is 0. The maximum atomic E-state index is 13.4. The van der Waals surface area contributed by atoms with E-state index in [0.717, 1.165) is 12.1 Å². The summed E-state index contributed by atoms with van der Waals surface area (Å²) in [4.78, 5) is 15.1. The number of esters is 1. The van der Waals surface area contributed by atoms with Gasteiger partial charge < -0.3 is 14.2 Å². The Kier molecular flexibility index (Phi) is 9.31. The number of ether oxygens (including phenoxy) is 3. The Morgan fingerprint density at radius 1 is 1.00 bits per heavy atom. The van der Waals surface area contributed by atoms with Crippen LogP contribution in [-0.2, 0) is 26.1 Å². The van der Waals surface area contributed by atoms with Gasteiger partial charge in [-0.2, -0.15) is 30.6 Å². The monoisotopic (exact) mass is 530 g/mol. The fourth-order valence-electron chi connectivity index (χ4n) is 2.61. The molecule has 0 saturated heterocycles. The van der Waals surface area contributed by atoms with E-state index in [1.165, 1.54) is 31.3 Å². The van der Waals surface area contributed by atoms with Gasteiger partial charge in [0.2, 0.25) is 10.0 Å². The lowest BCUT2D eigenvalue weighted by Crippen LogP contribution is -2.36. The molecule has 1 aromatic heterocycles. The highest BCUT2D eigenvalue weighted by atomic mass is 32.2. The Balaban J connectivity index is 2.52. The number of pyridine rings is 1. The van der Waals surface area contributed by atoms with Gasteiger partial charge in [-0.05, 0) is 31.2 Å². The molecule has 0 saturated carbocycles. The van der Waals surface area contributed by atoms with Gasteiger partial charge in [-0.3, -0.25) is 9.78 Å². The summed E-state index contributed by atoms with van der Waals surface area (Å²) < 4.78 is 117. The van der Waals surface area contributed by atoms with Crippen molar-refractivity contribution in [3.05, 3.63) is 48.3 Å². The van der Waals surface area contributed by atoms with Crippen LogP contribution in [0, 0.1) is 0 Å². The van der Waals surface area contributed by atoms with Gasteiger partial charge in [0.05, 0.1) is 18.8 Å². The molecule has 0 unspecified atom stereocenters. The van der Waals surface area contributed by atoms with E-state index in [-0.39, 0.29) is 12.3 Å². The molecule has 0 N–H and O–H groups in total. The average Bonchev–Trinajstić information content (AvgIpc) is 2.76. The number of aromatic nitrogens is 1. The van der Waals surface area contributed by atoms with E-state index in [9.17, 15) is 39.6 Å². The van der Waals surface area contributed by atoms with Crippen LogP contribution >= 0.6 is 0 Å². The van der Waals surface area contributed by atoms with Gasteiger partial charge in [-0.1, -0.05) is 6.07 Å². The first-order chi connectivity index (χ1) is 16.2. The highest BCUT2D eigenvalue weighted by Crippen LogP contribution is 2.33. The molecule has 2 rings (SSSR count). The van der Waals surface area contributed by atoms with Gasteiger partial charge in [-0.25, -0.2) is 8.42 Å². The number of nitrogens with zero attached hydrogens (tertiary/aromatic N) is 2. The van der Waals surface area contributed by atoms with Crippen molar-refractivity contribution in [2.75, 3.05) is 26.4 Å². The zero-order chi connectivity index (χ0) is 26.3. The Bertz CT molecular complexity index is 1090. The van der Waals surface area contributed by atoms with Gasteiger partial charge in [0.15, 0.2) is 13.2 Å². The highest BCUT2D eigenvalue weighted by molar-refractivity contribution is 7.89. The maximum absolute atomic E-state index is 13.4. The van der Waals surface area contributed by atoms with Crippen LogP contribution in [0.1, 0.15) is 12.6 Å². The number of carbonyl (C=O) groups is 1. The second kappa shape index (κ2) is 11.6. The van der Waals surface area contributed by atoms with Crippen LogP contribution in [0.2, 0.25) is 0 Å². The van der Waals surface area contributed by atoms with Crippen molar-refractivity contribution in [2.24, 2.45) is 0 Å². The number of halogens is 6. The predicted molar refractivity (Wildman–Crippen MR) is 108 cm³/mol. The Morgan fingerprint density at radius 2 is 1.66 bits per heavy atom. The molecule has 0 atom stereocenters. The summed E-state index contributed by atoms with van der Waals surface area (Å²) in [7, 11) is -4.85. The normalized spacial score (nSPS) is 12.5. The Labute approximate surface area is 196 Å². The summed E-state index contributed by atoms with van der Waals surface area (Å²) in [5.74, 6) is -2.39. The van der Waals surface area contributed by atoms with Crippen molar-refractivity contribution in [2.45, 2.75) is 30.7 Å². The van der Waals surface area contributed by atoms with E-state index in [4.69, 9.17) is 4.74 Å². The van der Waals surface area contributed by atoms with Crippen molar-refractivity contribution in [3.63, 3.8) is 0 Å². The fraction of sp³-hybridized carbons (Fsp3) is 0.400. The van der Waals surface area contributed by atoms with Gasteiger partial charge >= 0.3 is 18.3 Å². The molecule has 0 bridgehead atoms. The van der Waals surface area contributed by atoms with Gasteiger partial charge in [0, 0.05) is 12.3 Å². The Morgan fingerprint density at radius 3 is 2.23 bits per heavy atom. The molecule has 194 valence electrons. The quantitative estimate of drug-likeness (QED) is 0.323. The van der Waals surface area contributed by atoms with E-state index >= 15 is 0 Å². The molecule has 15 heteroatoms. The number of hydrogen-bond acceptors (Lipinski definition) is 7. The molecule has 2 aromatic rings. The first-order valence-electron chi connectivity index (χ1n) is 9.80. The van der Waals surface area contributed by atoms with Crippen molar-refractivity contribution in [1.82, 2.24) is 9.29 Å². The van der Waals surface area contributed by atoms with Crippen molar-refractivity contribution in [3.8, 4) is 11.5 Å². The Hall–Kier alpha value is -3.07. The van der Waals surface area contributed by atoms with Crippen LogP contribution in [0.25, 0.3) is 0 Å². The predicted octanol–water partition coefficient (Wildman–Crippen LogP) is 3.72. The molecule has 0 amide bonds. The number of benzene rings is 1. The molecule has 0 aliphatic carbocycles. The third-order valence-electron chi connectivity index (χ3n) is 4.00. The summed E-state index contributed by atoms with van der Waals surface area (Å²) in [5.41, 5.74) is 0.169. The van der Waals surface area contributed by atoms with Crippen molar-refractivity contribution < 1.29 is 53.8 Å². The molecule has 0 aliphatic heterocycles. The lowest BCUT2D eigenvalue weighted by Gasteiger charge is -2.23. The number of sulfonamides is 1. The van der Waals surface area contributed by atoms with Crippen LogP contribution in [0.15, 0.2) is 47.5 Å². The minimum Gasteiger partial charge on any atom is -0.484 e. The zero-order valence-corrected chi connectivity index (χ0v) is 18.9. The van der Waals surface area contributed by atoms with Gasteiger partial charge in [0.1, 0.15) is 22.9 Å². The first-order valence-corrected chi connectivity index (χ1v) is 11.2. The number of carbonyl (C=O) groups excluding carboxylic acids is 1. The number of rotatable bonds is 11. The molecule has 1 aromatic carbocycles. The standard InChI is InChI=1S/C20H20F6N2O6S/c1-2-32-18(29)11-28(10-14-5-3-4-8-27-14)35(30,31)17-9-15(33-12-19(21,22)23)6-7-16(17)34-13-20(24,25)26/h3-9H,2,10-13H2,1H3. The van der Waals surface area contributed by atoms with Crippen LogP contribution < -0.4 is 9.47 Å². The van der Waals surface area contributed by atoms with Gasteiger partial charge in [0.25, 0.3) is 0 Å². The smallest absolute Gasteiger partial charge is 0.422 e. The second-order valence-corrected chi connectivity index (χ2v) is 8.72. The van der Waals surface area contributed by atoms with E-state index in [2.05, 4.69) is 14.5 Å². The van der Waals surface area contributed by atoms with Crippen LogP contribution in [-0.4, -0.2) is 62.4 Å². The van der Waals surface area contributed by atoms with E-state index in [1.807, 2.05) is 0 Å². The average molecular weight is 530 g/mol.